The Morgan fingerprint density at radius 1 is 1.13 bits per heavy atom. The van der Waals surface area contributed by atoms with Crippen LogP contribution in [-0.4, -0.2) is 12.1 Å². The lowest BCUT2D eigenvalue weighted by Gasteiger charge is -2.16. The second-order valence-corrected chi connectivity index (χ2v) is 4.55. The van der Waals surface area contributed by atoms with Crippen molar-refractivity contribution in [3.8, 4) is 0 Å². The van der Waals surface area contributed by atoms with E-state index in [1.54, 1.807) is 0 Å². The van der Waals surface area contributed by atoms with E-state index in [-0.39, 0.29) is 16.1 Å². The summed E-state index contributed by atoms with van der Waals surface area (Å²) in [6.07, 6.45) is -2.84. The van der Waals surface area contributed by atoms with Crippen LogP contribution < -0.4 is 0 Å². The van der Waals surface area contributed by atoms with E-state index in [9.17, 15) is 22.0 Å². The lowest BCUT2D eigenvalue weighted by atomic mass is 10.2. The molecule has 0 spiro atoms. The molecule has 0 N–H and O–H groups in total. The molecule has 0 radical (unpaired) electrons. The summed E-state index contributed by atoms with van der Waals surface area (Å²) in [4.78, 5) is 0. The standard InChI is InChI=1S/C9H12F5I/c1-2-3-4-5-7(15)6-8(10,11)9(12,13)14/h6H,2-5H2,1H3. The van der Waals surface area contributed by atoms with Gasteiger partial charge in [0.25, 0.3) is 0 Å². The molecule has 0 aliphatic rings. The molecule has 0 atom stereocenters. The third-order valence-electron chi connectivity index (χ3n) is 1.74. The second-order valence-electron chi connectivity index (χ2n) is 3.17. The summed E-state index contributed by atoms with van der Waals surface area (Å²) >= 11 is 1.53. The molecule has 90 valence electrons. The molecule has 0 aromatic carbocycles. The first-order valence-corrected chi connectivity index (χ1v) is 5.60. The average Bonchev–Trinajstić information content (AvgIpc) is 2.01. The predicted octanol–water partition coefficient (Wildman–Crippen LogP) is 5.08. The van der Waals surface area contributed by atoms with E-state index in [0.29, 0.717) is 6.42 Å². The molecule has 6 heteroatoms. The molecule has 0 nitrogen and oxygen atoms in total. The van der Waals surface area contributed by atoms with Crippen molar-refractivity contribution >= 4 is 22.6 Å². The summed E-state index contributed by atoms with van der Waals surface area (Å²) in [7, 11) is 0. The Morgan fingerprint density at radius 3 is 2.07 bits per heavy atom. The van der Waals surface area contributed by atoms with Crippen LogP contribution in [-0.2, 0) is 0 Å². The lowest BCUT2D eigenvalue weighted by Crippen LogP contribution is -2.34. The van der Waals surface area contributed by atoms with Crippen LogP contribution in [0.1, 0.15) is 32.6 Å². The molecule has 0 unspecified atom stereocenters. The summed E-state index contributed by atoms with van der Waals surface area (Å²) in [5, 5.41) is 0. The number of unbranched alkanes of at least 4 members (excludes halogenated alkanes) is 2. The lowest BCUT2D eigenvalue weighted by molar-refractivity contribution is -0.259. The van der Waals surface area contributed by atoms with Crippen molar-refractivity contribution < 1.29 is 22.0 Å². The van der Waals surface area contributed by atoms with E-state index < -0.39 is 12.1 Å². The number of alkyl halides is 5. The van der Waals surface area contributed by atoms with Crippen molar-refractivity contribution in [2.24, 2.45) is 0 Å². The van der Waals surface area contributed by atoms with Gasteiger partial charge in [-0.05, 0) is 39.0 Å². The Morgan fingerprint density at radius 2 is 1.67 bits per heavy atom. The first-order chi connectivity index (χ1) is 6.70. The van der Waals surface area contributed by atoms with Crippen molar-refractivity contribution in [3.63, 3.8) is 0 Å². The fraction of sp³-hybridized carbons (Fsp3) is 0.778. The van der Waals surface area contributed by atoms with Crippen molar-refractivity contribution in [1.82, 2.24) is 0 Å². The molecule has 15 heavy (non-hydrogen) atoms. The summed E-state index contributed by atoms with van der Waals surface area (Å²) in [6, 6.07) is 0. The van der Waals surface area contributed by atoms with E-state index in [2.05, 4.69) is 0 Å². The molecule has 0 aliphatic heterocycles. The minimum absolute atomic E-state index is 0.00319. The Hall–Kier alpha value is 0.120. The first kappa shape index (κ1) is 15.1. The SMILES string of the molecule is CCCCCC(I)=CC(F)(F)C(F)(F)F. The molecule has 0 saturated heterocycles. The van der Waals surface area contributed by atoms with Crippen molar-refractivity contribution in [3.05, 3.63) is 9.66 Å². The van der Waals surface area contributed by atoms with Gasteiger partial charge >= 0.3 is 12.1 Å². The van der Waals surface area contributed by atoms with Gasteiger partial charge < -0.3 is 0 Å². The normalized spacial score (nSPS) is 14.5. The first-order valence-electron chi connectivity index (χ1n) is 4.52. The van der Waals surface area contributed by atoms with Gasteiger partial charge in [0, 0.05) is 6.08 Å². The molecular weight excluding hydrogens is 330 g/mol. The van der Waals surface area contributed by atoms with E-state index in [1.807, 2.05) is 6.92 Å². The smallest absolute Gasteiger partial charge is 0.191 e. The fourth-order valence-corrected chi connectivity index (χ4v) is 1.67. The zero-order chi connectivity index (χ0) is 12.1. The molecule has 0 aliphatic carbocycles. The highest BCUT2D eigenvalue weighted by Gasteiger charge is 2.55. The molecule has 0 saturated carbocycles. The highest BCUT2D eigenvalue weighted by Crippen LogP contribution is 2.38. The summed E-state index contributed by atoms with van der Waals surface area (Å²) < 4.78 is 60.4. The van der Waals surface area contributed by atoms with Crippen LogP contribution in [0.5, 0.6) is 0 Å². The highest BCUT2D eigenvalue weighted by atomic mass is 127. The van der Waals surface area contributed by atoms with Crippen LogP contribution in [0.3, 0.4) is 0 Å². The van der Waals surface area contributed by atoms with Gasteiger partial charge in [0.1, 0.15) is 0 Å². The van der Waals surface area contributed by atoms with E-state index in [4.69, 9.17) is 0 Å². The zero-order valence-corrected chi connectivity index (χ0v) is 10.3. The van der Waals surface area contributed by atoms with Crippen LogP contribution in [0.4, 0.5) is 22.0 Å². The van der Waals surface area contributed by atoms with Gasteiger partial charge in [-0.15, -0.1) is 0 Å². The van der Waals surface area contributed by atoms with Gasteiger partial charge in [0.05, 0.1) is 0 Å². The van der Waals surface area contributed by atoms with Crippen molar-refractivity contribution in [2.75, 3.05) is 0 Å². The number of halogens is 6. The maximum Gasteiger partial charge on any atom is 0.457 e. The molecule has 0 rings (SSSR count). The average molecular weight is 342 g/mol. The molecule has 0 bridgehead atoms. The van der Waals surface area contributed by atoms with Gasteiger partial charge in [0.15, 0.2) is 0 Å². The van der Waals surface area contributed by atoms with Crippen LogP contribution in [0.25, 0.3) is 0 Å². The molecule has 0 aromatic rings. The minimum Gasteiger partial charge on any atom is -0.191 e. The van der Waals surface area contributed by atoms with Gasteiger partial charge in [-0.2, -0.15) is 22.0 Å². The Bertz CT molecular complexity index is 219. The topological polar surface area (TPSA) is 0 Å². The fourth-order valence-electron chi connectivity index (χ4n) is 0.895. The van der Waals surface area contributed by atoms with Crippen molar-refractivity contribution in [1.29, 1.82) is 0 Å². The van der Waals surface area contributed by atoms with Gasteiger partial charge in [-0.1, -0.05) is 19.8 Å². The van der Waals surface area contributed by atoms with Crippen molar-refractivity contribution in [2.45, 2.75) is 44.7 Å². The summed E-state index contributed by atoms with van der Waals surface area (Å²) in [5.74, 6) is -4.71. The summed E-state index contributed by atoms with van der Waals surface area (Å²) in [6.45, 7) is 1.93. The molecule has 0 aromatic heterocycles. The Labute approximate surface area is 99.1 Å². The molecule has 0 heterocycles. The second kappa shape index (κ2) is 6.00. The highest BCUT2D eigenvalue weighted by molar-refractivity contribution is 14.1. The van der Waals surface area contributed by atoms with E-state index in [1.165, 1.54) is 22.6 Å². The van der Waals surface area contributed by atoms with Gasteiger partial charge in [0.2, 0.25) is 0 Å². The molecular formula is C9H12F5I. The molecule has 0 fully saturated rings. The van der Waals surface area contributed by atoms with E-state index >= 15 is 0 Å². The third kappa shape index (κ3) is 5.67. The van der Waals surface area contributed by atoms with Crippen LogP contribution in [0, 0.1) is 0 Å². The maximum absolute atomic E-state index is 12.5. The Kier molecular flexibility index (Phi) is 6.05. The monoisotopic (exact) mass is 342 g/mol. The number of allylic oxidation sites excluding steroid dienone is 2. The van der Waals surface area contributed by atoms with Crippen LogP contribution in [0.2, 0.25) is 0 Å². The minimum atomic E-state index is -5.49. The number of rotatable bonds is 5. The number of hydrogen-bond donors (Lipinski definition) is 0. The largest absolute Gasteiger partial charge is 0.457 e. The zero-order valence-electron chi connectivity index (χ0n) is 8.17. The maximum atomic E-state index is 12.5. The number of hydrogen-bond acceptors (Lipinski definition) is 0. The van der Waals surface area contributed by atoms with Crippen LogP contribution >= 0.6 is 22.6 Å². The molecule has 0 amide bonds. The van der Waals surface area contributed by atoms with E-state index in [0.717, 1.165) is 12.8 Å². The van der Waals surface area contributed by atoms with Gasteiger partial charge in [-0.25, -0.2) is 0 Å². The summed E-state index contributed by atoms with van der Waals surface area (Å²) in [5.41, 5.74) is 0. The van der Waals surface area contributed by atoms with Crippen LogP contribution in [0.15, 0.2) is 9.66 Å². The Balaban J connectivity index is 4.33. The quantitative estimate of drug-likeness (QED) is 0.371. The van der Waals surface area contributed by atoms with Gasteiger partial charge in [-0.3, -0.25) is 0 Å². The third-order valence-corrected chi connectivity index (χ3v) is 2.59. The predicted molar refractivity (Wildman–Crippen MR) is 57.2 cm³/mol.